The van der Waals surface area contributed by atoms with Crippen LogP contribution in [-0.4, -0.2) is 28.3 Å². The number of nitrogens with one attached hydrogen (secondary N) is 1. The molecule has 0 fully saturated rings. The molecule has 0 aliphatic rings. The maximum Gasteiger partial charge on any atom is 0.305 e. The van der Waals surface area contributed by atoms with Gasteiger partial charge in [-0.3, -0.25) is 9.59 Å². The molecule has 1 atom stereocenters. The average Bonchev–Trinajstić information content (AvgIpc) is 2.25. The van der Waals surface area contributed by atoms with Crippen LogP contribution in [0.4, 0.5) is 0 Å². The lowest BCUT2D eigenvalue weighted by atomic mass is 10.1. The summed E-state index contributed by atoms with van der Waals surface area (Å²) in [6, 6.07) is -0.373. The van der Waals surface area contributed by atoms with E-state index in [1.807, 2.05) is 0 Å². The van der Waals surface area contributed by atoms with E-state index in [1.54, 1.807) is 26.0 Å². The first-order chi connectivity index (χ1) is 8.31. The Hall–Kier alpha value is -0.450. The molecule has 0 saturated heterocycles. The molecule has 0 spiro atoms. The molecule has 104 valence electrons. The van der Waals surface area contributed by atoms with Gasteiger partial charge in [0.25, 0.3) is 9.70 Å². The molecule has 4 nitrogen and oxygen atoms in total. The van der Waals surface area contributed by atoms with Crippen LogP contribution >= 0.6 is 34.8 Å². The Morgan fingerprint density at radius 3 is 2.44 bits per heavy atom. The smallest absolute Gasteiger partial charge is 0.305 e. The van der Waals surface area contributed by atoms with E-state index in [4.69, 9.17) is 39.5 Å². The highest BCUT2D eigenvalue weighted by atomic mass is 35.6. The van der Waals surface area contributed by atoms with Gasteiger partial charge in [0.1, 0.15) is 0 Å². The van der Waals surface area contributed by atoms with Gasteiger partial charge in [0.15, 0.2) is 0 Å². The summed E-state index contributed by atoms with van der Waals surface area (Å²) in [7, 11) is 0. The van der Waals surface area contributed by atoms with Gasteiger partial charge < -0.3 is 10.1 Å². The Morgan fingerprint density at radius 1 is 1.39 bits per heavy atom. The van der Waals surface area contributed by atoms with Crippen molar-refractivity contribution in [3.63, 3.8) is 0 Å². The molecule has 1 amide bonds. The number of hydrogen-bond acceptors (Lipinski definition) is 3. The molecule has 0 unspecified atom stereocenters. The topological polar surface area (TPSA) is 55.4 Å². The number of amides is 1. The first-order valence-corrected chi connectivity index (χ1v) is 6.60. The van der Waals surface area contributed by atoms with E-state index in [-0.39, 0.29) is 18.4 Å². The summed E-state index contributed by atoms with van der Waals surface area (Å²) in [5.41, 5.74) is 0. The van der Waals surface area contributed by atoms with Crippen molar-refractivity contribution >= 4 is 46.7 Å². The third-order valence-corrected chi connectivity index (χ3v) is 2.48. The van der Waals surface area contributed by atoms with E-state index < -0.39 is 9.70 Å². The SMILES string of the molecule is C/C=C/[C@H](CCC(=O)OCC)NC(=O)C(Cl)(Cl)Cl. The minimum absolute atomic E-state index is 0.184. The molecule has 0 aromatic rings. The van der Waals surface area contributed by atoms with Gasteiger partial charge in [0.2, 0.25) is 0 Å². The monoisotopic (exact) mass is 315 g/mol. The van der Waals surface area contributed by atoms with Crippen molar-refractivity contribution in [2.24, 2.45) is 0 Å². The van der Waals surface area contributed by atoms with Crippen LogP contribution in [0.2, 0.25) is 0 Å². The highest BCUT2D eigenvalue weighted by molar-refractivity contribution is 6.76. The fourth-order valence-electron chi connectivity index (χ4n) is 1.21. The zero-order valence-electron chi connectivity index (χ0n) is 10.2. The fraction of sp³-hybridized carbons (Fsp3) is 0.636. The van der Waals surface area contributed by atoms with Crippen LogP contribution in [0, 0.1) is 0 Å². The lowest BCUT2D eigenvalue weighted by Crippen LogP contribution is -2.41. The first kappa shape index (κ1) is 17.6. The van der Waals surface area contributed by atoms with Gasteiger partial charge >= 0.3 is 5.97 Å². The third kappa shape index (κ3) is 7.80. The number of carbonyl (C=O) groups is 2. The molecular weight excluding hydrogens is 300 g/mol. The van der Waals surface area contributed by atoms with Crippen molar-refractivity contribution in [2.45, 2.75) is 36.5 Å². The molecule has 0 aliphatic heterocycles. The zero-order valence-corrected chi connectivity index (χ0v) is 12.5. The van der Waals surface area contributed by atoms with E-state index in [0.29, 0.717) is 13.0 Å². The second-order valence-corrected chi connectivity index (χ2v) is 5.73. The van der Waals surface area contributed by atoms with Gasteiger partial charge in [-0.15, -0.1) is 0 Å². The van der Waals surface area contributed by atoms with Crippen LogP contribution in [0.25, 0.3) is 0 Å². The molecular formula is C11H16Cl3NO3. The summed E-state index contributed by atoms with van der Waals surface area (Å²) in [6.45, 7) is 3.85. The number of halogens is 3. The molecule has 1 N–H and O–H groups in total. The number of carbonyl (C=O) groups excluding carboxylic acids is 2. The van der Waals surface area contributed by atoms with Crippen molar-refractivity contribution < 1.29 is 14.3 Å². The molecule has 0 radical (unpaired) electrons. The summed E-state index contributed by atoms with van der Waals surface area (Å²) < 4.78 is 2.78. The number of hydrogen-bond donors (Lipinski definition) is 1. The third-order valence-electron chi connectivity index (χ3n) is 1.96. The molecule has 0 aromatic carbocycles. The number of ether oxygens (including phenoxy) is 1. The second kappa shape index (κ2) is 8.62. The Balaban J connectivity index is 4.32. The Kier molecular flexibility index (Phi) is 8.40. The molecule has 0 aromatic heterocycles. The van der Waals surface area contributed by atoms with Gasteiger partial charge in [0.05, 0.1) is 6.61 Å². The molecule has 0 heterocycles. The number of allylic oxidation sites excluding steroid dienone is 1. The van der Waals surface area contributed by atoms with Crippen molar-refractivity contribution in [1.82, 2.24) is 5.32 Å². The predicted octanol–water partition coefficient (Wildman–Crippen LogP) is 2.76. The summed E-state index contributed by atoms with van der Waals surface area (Å²) in [4.78, 5) is 22.7. The second-order valence-electron chi connectivity index (χ2n) is 3.45. The van der Waals surface area contributed by atoms with Crippen LogP contribution in [0.1, 0.15) is 26.7 Å². The van der Waals surface area contributed by atoms with Gasteiger partial charge in [-0.25, -0.2) is 0 Å². The lowest BCUT2D eigenvalue weighted by molar-refractivity contribution is -0.143. The van der Waals surface area contributed by atoms with Crippen molar-refractivity contribution in [3.8, 4) is 0 Å². The van der Waals surface area contributed by atoms with Crippen molar-refractivity contribution in [2.75, 3.05) is 6.61 Å². The lowest BCUT2D eigenvalue weighted by Gasteiger charge is -2.18. The fourth-order valence-corrected chi connectivity index (χ4v) is 1.37. The van der Waals surface area contributed by atoms with E-state index in [2.05, 4.69) is 5.32 Å². The van der Waals surface area contributed by atoms with E-state index in [1.165, 1.54) is 0 Å². The van der Waals surface area contributed by atoms with Crippen LogP contribution < -0.4 is 5.32 Å². The predicted molar refractivity (Wildman–Crippen MR) is 72.9 cm³/mol. The number of alkyl halides is 3. The highest BCUT2D eigenvalue weighted by Crippen LogP contribution is 2.26. The van der Waals surface area contributed by atoms with Crippen molar-refractivity contribution in [1.29, 1.82) is 0 Å². The largest absolute Gasteiger partial charge is 0.466 e. The average molecular weight is 317 g/mol. The summed E-state index contributed by atoms with van der Waals surface area (Å²) in [6.07, 6.45) is 4.03. The molecule has 0 rings (SSSR count). The van der Waals surface area contributed by atoms with Crippen LogP contribution in [0.5, 0.6) is 0 Å². The van der Waals surface area contributed by atoms with Crippen LogP contribution in [0.3, 0.4) is 0 Å². The van der Waals surface area contributed by atoms with Crippen LogP contribution in [0.15, 0.2) is 12.2 Å². The maximum atomic E-state index is 11.5. The van der Waals surface area contributed by atoms with Gasteiger partial charge in [-0.1, -0.05) is 47.0 Å². The molecule has 18 heavy (non-hydrogen) atoms. The van der Waals surface area contributed by atoms with E-state index >= 15 is 0 Å². The maximum absolute atomic E-state index is 11.5. The molecule has 7 heteroatoms. The Labute approximate surface area is 122 Å². The number of rotatable bonds is 6. The standard InChI is InChI=1S/C11H16Cl3NO3/c1-3-5-8(6-7-9(16)18-4-2)15-10(17)11(12,13)14/h3,5,8H,4,6-7H2,1-2H3,(H,15,17)/b5-3+/t8-/m1/s1. The summed E-state index contributed by atoms with van der Waals surface area (Å²) in [5, 5.41) is 2.53. The molecule has 0 bridgehead atoms. The minimum Gasteiger partial charge on any atom is -0.466 e. The minimum atomic E-state index is -2.01. The zero-order chi connectivity index (χ0) is 14.2. The molecule has 0 saturated carbocycles. The van der Waals surface area contributed by atoms with Crippen molar-refractivity contribution in [3.05, 3.63) is 12.2 Å². The quantitative estimate of drug-likeness (QED) is 0.466. The van der Waals surface area contributed by atoms with Gasteiger partial charge in [-0.2, -0.15) is 0 Å². The van der Waals surface area contributed by atoms with E-state index in [0.717, 1.165) is 0 Å². The summed E-state index contributed by atoms with van der Waals surface area (Å²) >= 11 is 16.3. The van der Waals surface area contributed by atoms with Gasteiger partial charge in [0, 0.05) is 12.5 Å². The van der Waals surface area contributed by atoms with Gasteiger partial charge in [-0.05, 0) is 20.3 Å². The Morgan fingerprint density at radius 2 is 2.00 bits per heavy atom. The normalized spacial score (nSPS) is 13.4. The van der Waals surface area contributed by atoms with E-state index in [9.17, 15) is 9.59 Å². The summed E-state index contributed by atoms with van der Waals surface area (Å²) in [5.74, 6) is -1.05. The number of esters is 1. The highest BCUT2D eigenvalue weighted by Gasteiger charge is 2.31. The first-order valence-electron chi connectivity index (χ1n) is 5.47. The Bertz CT molecular complexity index is 313. The van der Waals surface area contributed by atoms with Crippen LogP contribution in [-0.2, 0) is 14.3 Å². The molecule has 0 aliphatic carbocycles.